The molecule has 213 valence electrons. The van der Waals surface area contributed by atoms with Gasteiger partial charge >= 0.3 is 0 Å². The van der Waals surface area contributed by atoms with Crippen molar-refractivity contribution >= 4 is 45.9 Å². The molecule has 2 aromatic heterocycles. The maximum absolute atomic E-state index is 11.8. The molecule has 2 aromatic carbocycles. The van der Waals surface area contributed by atoms with Gasteiger partial charge < -0.3 is 10.2 Å². The molecule has 1 radical (unpaired) electrons. The Bertz CT molecular complexity index is 1450. The minimum atomic E-state index is -0.0891. The molecule has 2 amide bonds. The van der Waals surface area contributed by atoms with Gasteiger partial charge in [0.25, 0.3) is 0 Å². The fourth-order valence-electron chi connectivity index (χ4n) is 4.77. The third kappa shape index (κ3) is 6.59. The van der Waals surface area contributed by atoms with Crippen molar-refractivity contribution in [2.75, 3.05) is 0 Å². The number of hydrogen-bond donors (Lipinski definition) is 2. The van der Waals surface area contributed by atoms with Crippen molar-refractivity contribution in [3.8, 4) is 11.5 Å². The first-order valence-corrected chi connectivity index (χ1v) is 14.5. The Labute approximate surface area is 256 Å². The van der Waals surface area contributed by atoms with E-state index in [0.29, 0.717) is 24.0 Å². The molecule has 0 aliphatic carbocycles. The number of hydrogen-bond acceptors (Lipinski definition) is 8. The molecule has 11 heteroatoms. The van der Waals surface area contributed by atoms with Gasteiger partial charge in [-0.25, -0.2) is 10.0 Å². The number of rotatable bonds is 4. The van der Waals surface area contributed by atoms with Crippen molar-refractivity contribution in [2.45, 2.75) is 38.8 Å². The molecule has 0 saturated heterocycles. The molecule has 2 aliphatic heterocycles. The van der Waals surface area contributed by atoms with E-state index in [1.54, 1.807) is 46.9 Å². The molecule has 0 spiro atoms. The number of phenolic OH excluding ortho intramolecular Hbond substituents is 2. The summed E-state index contributed by atoms with van der Waals surface area (Å²) in [6, 6.07) is 22.0. The van der Waals surface area contributed by atoms with Crippen LogP contribution in [0.2, 0.25) is 0 Å². The minimum Gasteiger partial charge on any atom is -0.507 e. The molecule has 2 atom stereocenters. The topological polar surface area (TPSA) is 106 Å². The van der Waals surface area contributed by atoms with E-state index in [4.69, 9.17) is 0 Å². The Morgan fingerprint density at radius 2 is 1.07 bits per heavy atom. The molecule has 4 heterocycles. The Kier molecular flexibility index (Phi) is 9.76. The number of para-hydroxylation sites is 2. The molecular formula is C30H28CoN4O4S2. The number of nitrogens with zero attached hydrogens (tertiary/aromatic N) is 4. The van der Waals surface area contributed by atoms with Crippen LogP contribution in [0.1, 0.15) is 59.7 Å². The van der Waals surface area contributed by atoms with Gasteiger partial charge in [0.05, 0.1) is 23.5 Å². The van der Waals surface area contributed by atoms with E-state index in [-0.39, 0.29) is 52.2 Å². The van der Waals surface area contributed by atoms with E-state index < -0.39 is 0 Å². The van der Waals surface area contributed by atoms with Gasteiger partial charge in [-0.2, -0.15) is 10.2 Å². The number of benzene rings is 2. The zero-order valence-electron chi connectivity index (χ0n) is 22.3. The van der Waals surface area contributed by atoms with E-state index in [1.807, 2.05) is 59.3 Å². The van der Waals surface area contributed by atoms with Crippen LogP contribution >= 0.6 is 22.7 Å². The number of phenols is 2. The van der Waals surface area contributed by atoms with Crippen molar-refractivity contribution in [1.82, 2.24) is 10.0 Å². The summed E-state index contributed by atoms with van der Waals surface area (Å²) < 4.78 is 0. The quantitative estimate of drug-likeness (QED) is 0.276. The largest absolute Gasteiger partial charge is 0.507 e. The number of aromatic hydroxyl groups is 2. The molecule has 8 nitrogen and oxygen atoms in total. The molecule has 6 rings (SSSR count). The summed E-state index contributed by atoms with van der Waals surface area (Å²) in [6.45, 7) is 3.02. The second kappa shape index (κ2) is 13.3. The molecule has 2 unspecified atom stereocenters. The van der Waals surface area contributed by atoms with Gasteiger partial charge in [-0.3, -0.25) is 9.59 Å². The first-order chi connectivity index (χ1) is 19.3. The van der Waals surface area contributed by atoms with Gasteiger partial charge in [0.1, 0.15) is 11.5 Å². The normalized spacial score (nSPS) is 17.7. The number of amides is 2. The Morgan fingerprint density at radius 3 is 1.39 bits per heavy atom. The predicted octanol–water partition coefficient (Wildman–Crippen LogP) is 6.30. The summed E-state index contributed by atoms with van der Waals surface area (Å²) in [4.78, 5) is 25.8. The van der Waals surface area contributed by atoms with E-state index in [9.17, 15) is 19.8 Å². The van der Waals surface area contributed by atoms with E-state index >= 15 is 0 Å². The van der Waals surface area contributed by atoms with Gasteiger partial charge in [0.2, 0.25) is 11.8 Å². The Hall–Kier alpha value is -3.77. The molecular weight excluding hydrogens is 603 g/mol. The van der Waals surface area contributed by atoms with Gasteiger partial charge in [-0.1, -0.05) is 36.4 Å². The summed E-state index contributed by atoms with van der Waals surface area (Å²) in [6.07, 6.45) is 1.25. The number of carbonyl (C=O) groups excluding carboxylic acids is 2. The smallest absolute Gasteiger partial charge is 0.240 e. The van der Waals surface area contributed by atoms with Gasteiger partial charge in [-0.05, 0) is 47.2 Å². The van der Waals surface area contributed by atoms with E-state index in [1.165, 1.54) is 23.9 Å². The summed E-state index contributed by atoms with van der Waals surface area (Å²) in [5, 5.41) is 35.7. The predicted molar refractivity (Wildman–Crippen MR) is 158 cm³/mol. The van der Waals surface area contributed by atoms with Crippen molar-refractivity contribution in [3.63, 3.8) is 0 Å². The van der Waals surface area contributed by atoms with Crippen molar-refractivity contribution in [1.29, 1.82) is 0 Å². The van der Waals surface area contributed by atoms with Crippen LogP contribution in [0, 0.1) is 0 Å². The average molecular weight is 632 g/mol. The van der Waals surface area contributed by atoms with Crippen LogP contribution in [0.4, 0.5) is 0 Å². The first-order valence-electron chi connectivity index (χ1n) is 12.7. The summed E-state index contributed by atoms with van der Waals surface area (Å²) in [7, 11) is 0. The SMILES string of the molecule is CC(=O)N1N=C(c2ccccc2O)CC1c1cccs1.CC(=O)N1N=C(c2ccccc2O)CC1c1cccs1.[Co]. The fraction of sp³-hybridized carbons (Fsp3) is 0.200. The van der Waals surface area contributed by atoms with E-state index in [0.717, 1.165) is 21.2 Å². The van der Waals surface area contributed by atoms with Gasteiger partial charge in [-0.15, -0.1) is 22.7 Å². The van der Waals surface area contributed by atoms with Gasteiger partial charge in [0, 0.05) is 64.3 Å². The number of hydrazone groups is 2. The van der Waals surface area contributed by atoms with Crippen LogP contribution in [-0.2, 0) is 26.4 Å². The molecule has 2 aliphatic rings. The Morgan fingerprint density at radius 1 is 0.683 bits per heavy atom. The Balaban J connectivity index is 0.000000184. The number of carbonyl (C=O) groups is 2. The van der Waals surface area contributed by atoms with E-state index in [2.05, 4.69) is 10.2 Å². The van der Waals surface area contributed by atoms with Crippen molar-refractivity contribution in [3.05, 3.63) is 104 Å². The molecule has 2 N–H and O–H groups in total. The van der Waals surface area contributed by atoms with Crippen molar-refractivity contribution in [2.24, 2.45) is 10.2 Å². The zero-order chi connectivity index (χ0) is 28.2. The molecule has 0 fully saturated rings. The van der Waals surface area contributed by atoms with Crippen LogP contribution in [0.15, 0.2) is 93.8 Å². The summed E-state index contributed by atoms with van der Waals surface area (Å²) >= 11 is 3.23. The van der Waals surface area contributed by atoms with Crippen LogP contribution in [0.25, 0.3) is 0 Å². The third-order valence-electron chi connectivity index (χ3n) is 6.64. The molecule has 0 saturated carbocycles. The maximum atomic E-state index is 11.8. The fourth-order valence-corrected chi connectivity index (χ4v) is 6.39. The first kappa shape index (κ1) is 30.2. The van der Waals surface area contributed by atoms with Crippen LogP contribution in [-0.4, -0.2) is 43.5 Å². The zero-order valence-corrected chi connectivity index (χ0v) is 25.0. The molecule has 0 bridgehead atoms. The molecule has 4 aromatic rings. The second-order valence-electron chi connectivity index (χ2n) is 9.33. The number of thiophene rings is 2. The third-order valence-corrected chi connectivity index (χ3v) is 8.59. The molecule has 41 heavy (non-hydrogen) atoms. The van der Waals surface area contributed by atoms with Gasteiger partial charge in [0.15, 0.2) is 0 Å². The summed E-state index contributed by atoms with van der Waals surface area (Å²) in [5.74, 6) is 0.214. The van der Waals surface area contributed by atoms with Crippen LogP contribution in [0.3, 0.4) is 0 Å². The maximum Gasteiger partial charge on any atom is 0.240 e. The monoisotopic (exact) mass is 631 g/mol. The summed E-state index contributed by atoms with van der Waals surface area (Å²) in [5.41, 5.74) is 2.88. The average Bonchev–Trinajstić information content (AvgIpc) is 3.74. The van der Waals surface area contributed by atoms with Crippen LogP contribution in [0.5, 0.6) is 11.5 Å². The van der Waals surface area contributed by atoms with Crippen LogP contribution < -0.4 is 0 Å². The second-order valence-corrected chi connectivity index (χ2v) is 11.3. The minimum absolute atomic E-state index is 0. The standard InChI is InChI=1S/2C15H14N2O2S.Co/c2*1-10(18)17-13(15-7-4-8-20-15)9-12(16-17)11-5-2-3-6-14(11)19;/h2*2-8,13,19H,9H2,1H3;. The van der Waals surface area contributed by atoms with Crippen molar-refractivity contribution < 1.29 is 36.6 Å².